The van der Waals surface area contributed by atoms with Gasteiger partial charge < -0.3 is 5.73 Å². The van der Waals surface area contributed by atoms with Gasteiger partial charge in [0.1, 0.15) is 0 Å². The molecule has 7 heteroatoms. The molecule has 1 aromatic rings. The van der Waals surface area contributed by atoms with Gasteiger partial charge in [0.15, 0.2) is 0 Å². The lowest BCUT2D eigenvalue weighted by atomic mass is 10.1. The molecule has 102 valence electrons. The molecule has 1 unspecified atom stereocenters. The summed E-state index contributed by atoms with van der Waals surface area (Å²) in [5.74, 6) is 0.190. The third-order valence-corrected chi connectivity index (χ3v) is 4.35. The predicted molar refractivity (Wildman–Crippen MR) is 74.5 cm³/mol. The second-order valence-corrected chi connectivity index (χ2v) is 7.00. The van der Waals surface area contributed by atoms with Gasteiger partial charge in [0.2, 0.25) is 10.0 Å². The molecule has 0 aliphatic heterocycles. The Kier molecular flexibility index (Phi) is 5.43. The quantitative estimate of drug-likeness (QED) is 0.876. The van der Waals surface area contributed by atoms with Crippen LogP contribution in [0.5, 0.6) is 0 Å². The number of nitrogens with one attached hydrogen (secondary N) is 1. The van der Waals surface area contributed by atoms with Crippen molar-refractivity contribution in [2.24, 2.45) is 11.7 Å². The van der Waals surface area contributed by atoms with Crippen LogP contribution in [0.2, 0.25) is 10.0 Å². The van der Waals surface area contributed by atoms with E-state index < -0.39 is 10.0 Å². The fourth-order valence-electron chi connectivity index (χ4n) is 1.21. The van der Waals surface area contributed by atoms with E-state index in [1.165, 1.54) is 18.2 Å². The van der Waals surface area contributed by atoms with Crippen molar-refractivity contribution in [2.45, 2.75) is 24.8 Å². The predicted octanol–water partition coefficient (Wildman–Crippen LogP) is 2.26. The topological polar surface area (TPSA) is 72.2 Å². The molecule has 0 saturated carbocycles. The molecule has 0 bridgehead atoms. The number of rotatable bonds is 5. The third kappa shape index (κ3) is 4.40. The van der Waals surface area contributed by atoms with E-state index in [1.54, 1.807) is 0 Å². The van der Waals surface area contributed by atoms with Gasteiger partial charge in [-0.1, -0.05) is 37.0 Å². The molecule has 18 heavy (non-hydrogen) atoms. The van der Waals surface area contributed by atoms with Crippen molar-refractivity contribution >= 4 is 33.2 Å². The Labute approximate surface area is 118 Å². The Morgan fingerprint density at radius 1 is 1.22 bits per heavy atom. The van der Waals surface area contributed by atoms with E-state index in [1.807, 2.05) is 13.8 Å². The number of hydrogen-bond acceptors (Lipinski definition) is 3. The highest BCUT2D eigenvalue weighted by Crippen LogP contribution is 2.22. The standard InChI is InChI=1S/C11H16Cl2N2O2S/c1-7(2)11(14)6-15-18(16,17)10-4-8(12)3-9(13)5-10/h3-5,7,11,15H,6,14H2,1-2H3. The first kappa shape index (κ1) is 15.7. The zero-order chi connectivity index (χ0) is 13.9. The lowest BCUT2D eigenvalue weighted by molar-refractivity contribution is 0.481. The minimum atomic E-state index is -3.63. The second-order valence-electron chi connectivity index (χ2n) is 4.36. The molecule has 0 amide bonds. The van der Waals surface area contributed by atoms with Crippen molar-refractivity contribution in [1.29, 1.82) is 0 Å². The highest BCUT2D eigenvalue weighted by Gasteiger charge is 2.17. The first-order valence-corrected chi connectivity index (χ1v) is 7.67. The summed E-state index contributed by atoms with van der Waals surface area (Å²) < 4.78 is 26.4. The zero-order valence-electron chi connectivity index (χ0n) is 10.2. The summed E-state index contributed by atoms with van der Waals surface area (Å²) in [4.78, 5) is 0.0379. The molecule has 0 saturated heterocycles. The van der Waals surface area contributed by atoms with E-state index in [9.17, 15) is 8.42 Å². The van der Waals surface area contributed by atoms with E-state index in [2.05, 4.69) is 4.72 Å². The van der Waals surface area contributed by atoms with E-state index in [0.717, 1.165) is 0 Å². The van der Waals surface area contributed by atoms with Gasteiger partial charge in [-0.15, -0.1) is 0 Å². The van der Waals surface area contributed by atoms with E-state index in [0.29, 0.717) is 0 Å². The molecule has 0 aliphatic carbocycles. The van der Waals surface area contributed by atoms with Crippen molar-refractivity contribution in [1.82, 2.24) is 4.72 Å². The molecule has 0 radical (unpaired) electrons. The van der Waals surface area contributed by atoms with Gasteiger partial charge in [0.25, 0.3) is 0 Å². The van der Waals surface area contributed by atoms with Gasteiger partial charge in [-0.3, -0.25) is 0 Å². The Morgan fingerprint density at radius 3 is 2.17 bits per heavy atom. The second kappa shape index (κ2) is 6.21. The summed E-state index contributed by atoms with van der Waals surface area (Å²) in [6, 6.07) is 3.92. The molecule has 0 aliphatic rings. The van der Waals surface area contributed by atoms with Gasteiger partial charge in [-0.25, -0.2) is 13.1 Å². The molecule has 3 N–H and O–H groups in total. The first-order valence-electron chi connectivity index (χ1n) is 5.43. The van der Waals surface area contributed by atoms with Crippen LogP contribution in [0.15, 0.2) is 23.1 Å². The average molecular weight is 311 g/mol. The molecular weight excluding hydrogens is 295 g/mol. The van der Waals surface area contributed by atoms with Gasteiger partial charge in [0.05, 0.1) is 4.90 Å². The van der Waals surface area contributed by atoms with Gasteiger partial charge in [-0.05, 0) is 24.1 Å². The van der Waals surface area contributed by atoms with Crippen LogP contribution in [0.3, 0.4) is 0 Å². The Bertz CT molecular complexity index is 498. The maximum absolute atomic E-state index is 12.0. The monoisotopic (exact) mass is 310 g/mol. The van der Waals surface area contributed by atoms with Crippen LogP contribution in [-0.2, 0) is 10.0 Å². The fraction of sp³-hybridized carbons (Fsp3) is 0.455. The van der Waals surface area contributed by atoms with E-state index in [-0.39, 0.29) is 33.4 Å². The maximum Gasteiger partial charge on any atom is 0.240 e. The van der Waals surface area contributed by atoms with Crippen LogP contribution in [0.25, 0.3) is 0 Å². The average Bonchev–Trinajstić information content (AvgIpc) is 2.24. The van der Waals surface area contributed by atoms with E-state index in [4.69, 9.17) is 28.9 Å². The SMILES string of the molecule is CC(C)C(N)CNS(=O)(=O)c1cc(Cl)cc(Cl)c1. The highest BCUT2D eigenvalue weighted by atomic mass is 35.5. The van der Waals surface area contributed by atoms with Crippen LogP contribution in [0.4, 0.5) is 0 Å². The maximum atomic E-state index is 12.0. The van der Waals surface area contributed by atoms with Crippen molar-refractivity contribution < 1.29 is 8.42 Å². The van der Waals surface area contributed by atoms with Gasteiger partial charge in [0, 0.05) is 22.6 Å². The first-order chi connectivity index (χ1) is 8.22. The number of hydrogen-bond donors (Lipinski definition) is 2. The Hall–Kier alpha value is -0.330. The third-order valence-electron chi connectivity index (χ3n) is 2.51. The summed E-state index contributed by atoms with van der Waals surface area (Å²) in [6.07, 6.45) is 0. The van der Waals surface area contributed by atoms with Crippen LogP contribution in [-0.4, -0.2) is 21.0 Å². The molecule has 1 rings (SSSR count). The van der Waals surface area contributed by atoms with Crippen LogP contribution >= 0.6 is 23.2 Å². The smallest absolute Gasteiger partial charge is 0.240 e. The number of sulfonamides is 1. The number of benzene rings is 1. The van der Waals surface area contributed by atoms with Crippen LogP contribution < -0.4 is 10.5 Å². The minimum Gasteiger partial charge on any atom is -0.326 e. The summed E-state index contributed by atoms with van der Waals surface area (Å²) >= 11 is 11.5. The van der Waals surface area contributed by atoms with E-state index >= 15 is 0 Å². The number of nitrogens with two attached hydrogens (primary N) is 1. The molecule has 0 fully saturated rings. The molecule has 1 atom stereocenters. The Balaban J connectivity index is 2.86. The molecular formula is C11H16Cl2N2O2S. The van der Waals surface area contributed by atoms with Crippen LogP contribution in [0.1, 0.15) is 13.8 Å². The molecule has 0 heterocycles. The Morgan fingerprint density at radius 2 is 1.72 bits per heavy atom. The molecule has 0 aromatic heterocycles. The van der Waals surface area contributed by atoms with Crippen LogP contribution in [0, 0.1) is 5.92 Å². The van der Waals surface area contributed by atoms with Gasteiger partial charge >= 0.3 is 0 Å². The van der Waals surface area contributed by atoms with Gasteiger partial charge in [-0.2, -0.15) is 0 Å². The normalized spacial score (nSPS) is 13.9. The molecule has 1 aromatic carbocycles. The van der Waals surface area contributed by atoms with Crippen molar-refractivity contribution in [3.05, 3.63) is 28.2 Å². The lowest BCUT2D eigenvalue weighted by Gasteiger charge is -2.16. The van der Waals surface area contributed by atoms with Crippen molar-refractivity contribution in [3.8, 4) is 0 Å². The van der Waals surface area contributed by atoms with Crippen molar-refractivity contribution in [2.75, 3.05) is 6.54 Å². The molecule has 4 nitrogen and oxygen atoms in total. The zero-order valence-corrected chi connectivity index (χ0v) is 12.5. The number of halogens is 2. The largest absolute Gasteiger partial charge is 0.326 e. The summed E-state index contributed by atoms with van der Waals surface area (Å²) in [5.41, 5.74) is 5.78. The fourth-order valence-corrected chi connectivity index (χ4v) is 3.01. The summed E-state index contributed by atoms with van der Waals surface area (Å²) in [7, 11) is -3.63. The minimum absolute atomic E-state index is 0.0379. The van der Waals surface area contributed by atoms with Crippen molar-refractivity contribution in [3.63, 3.8) is 0 Å². The highest BCUT2D eigenvalue weighted by molar-refractivity contribution is 7.89. The summed E-state index contributed by atoms with van der Waals surface area (Å²) in [6.45, 7) is 4.02. The molecule has 0 spiro atoms. The lowest BCUT2D eigenvalue weighted by Crippen LogP contribution is -2.40. The summed E-state index contributed by atoms with van der Waals surface area (Å²) in [5, 5.41) is 0.548.